The third-order valence-corrected chi connectivity index (χ3v) is 5.28. The Morgan fingerprint density at radius 2 is 2.05 bits per heavy atom. The quantitative estimate of drug-likeness (QED) is 0.923. The first-order valence-electron chi connectivity index (χ1n) is 7.74. The van der Waals surface area contributed by atoms with Gasteiger partial charge in [-0.2, -0.15) is 0 Å². The zero-order valence-corrected chi connectivity index (χ0v) is 13.6. The van der Waals surface area contributed by atoms with Crippen LogP contribution in [0, 0.1) is 5.82 Å². The Morgan fingerprint density at radius 3 is 2.68 bits per heavy atom. The molecule has 1 aromatic rings. The minimum atomic E-state index is -0.772. The van der Waals surface area contributed by atoms with Crippen LogP contribution >= 0.6 is 11.8 Å². The van der Waals surface area contributed by atoms with Crippen molar-refractivity contribution in [2.24, 2.45) is 4.99 Å². The van der Waals surface area contributed by atoms with E-state index in [-0.39, 0.29) is 5.82 Å². The first-order chi connectivity index (χ1) is 10.6. The van der Waals surface area contributed by atoms with Gasteiger partial charge in [-0.25, -0.2) is 4.39 Å². The Morgan fingerprint density at radius 1 is 1.32 bits per heavy atom. The zero-order valence-electron chi connectivity index (χ0n) is 12.8. The van der Waals surface area contributed by atoms with Crippen molar-refractivity contribution in [2.75, 3.05) is 39.3 Å². The number of nitrogens with zero attached hydrogens (tertiary/aromatic N) is 3. The van der Waals surface area contributed by atoms with E-state index in [9.17, 15) is 9.50 Å². The average molecular weight is 323 g/mol. The van der Waals surface area contributed by atoms with Crippen LogP contribution < -0.4 is 0 Å². The fourth-order valence-corrected chi connectivity index (χ4v) is 3.84. The van der Waals surface area contributed by atoms with Gasteiger partial charge >= 0.3 is 0 Å². The number of rotatable bonds is 3. The summed E-state index contributed by atoms with van der Waals surface area (Å²) in [6, 6.07) is 6.45. The fourth-order valence-electron chi connectivity index (χ4n) is 2.85. The monoisotopic (exact) mass is 323 g/mol. The van der Waals surface area contributed by atoms with Crippen LogP contribution in [-0.2, 0) is 0 Å². The average Bonchev–Trinajstić information content (AvgIpc) is 2.95. The van der Waals surface area contributed by atoms with E-state index >= 15 is 0 Å². The molecule has 4 nitrogen and oxygen atoms in total. The van der Waals surface area contributed by atoms with Gasteiger partial charge < -0.3 is 10.0 Å². The lowest BCUT2D eigenvalue weighted by Crippen LogP contribution is -2.48. The van der Waals surface area contributed by atoms with Crippen LogP contribution in [-0.4, -0.2) is 64.6 Å². The summed E-state index contributed by atoms with van der Waals surface area (Å²) in [4.78, 5) is 9.08. The maximum absolute atomic E-state index is 13.7. The van der Waals surface area contributed by atoms with E-state index in [1.165, 1.54) is 6.07 Å². The Labute approximate surface area is 135 Å². The predicted molar refractivity (Wildman–Crippen MR) is 88.7 cm³/mol. The molecule has 2 unspecified atom stereocenters. The van der Waals surface area contributed by atoms with Gasteiger partial charge in [-0.15, -0.1) is 0 Å². The maximum atomic E-state index is 13.7. The van der Waals surface area contributed by atoms with Crippen molar-refractivity contribution in [1.82, 2.24) is 9.80 Å². The Balaban J connectivity index is 1.51. The van der Waals surface area contributed by atoms with Crippen LogP contribution in [0.25, 0.3) is 0 Å². The van der Waals surface area contributed by atoms with Crippen LogP contribution in [0.15, 0.2) is 29.3 Å². The molecule has 0 saturated carbocycles. The zero-order chi connectivity index (χ0) is 15.5. The number of aliphatic imine (C=N–C) groups is 1. The van der Waals surface area contributed by atoms with E-state index < -0.39 is 6.10 Å². The topological polar surface area (TPSA) is 39.1 Å². The molecule has 22 heavy (non-hydrogen) atoms. The summed E-state index contributed by atoms with van der Waals surface area (Å²) in [7, 11) is 0. The summed E-state index contributed by atoms with van der Waals surface area (Å²) >= 11 is 1.84. The van der Waals surface area contributed by atoms with Gasteiger partial charge in [0.1, 0.15) is 5.82 Å². The normalized spacial score (nSPS) is 24.4. The second-order valence-electron chi connectivity index (χ2n) is 5.88. The highest BCUT2D eigenvalue weighted by Crippen LogP contribution is 2.24. The number of aliphatic hydroxyl groups is 1. The molecule has 2 aliphatic heterocycles. The first-order valence-corrected chi connectivity index (χ1v) is 8.62. The lowest BCUT2D eigenvalue weighted by Gasteiger charge is -2.36. The Kier molecular flexibility index (Phi) is 5.00. The Bertz CT molecular complexity index is 546. The van der Waals surface area contributed by atoms with Gasteiger partial charge in [0.05, 0.1) is 12.6 Å². The van der Waals surface area contributed by atoms with Gasteiger partial charge in [0, 0.05) is 43.5 Å². The smallest absolute Gasteiger partial charge is 0.159 e. The predicted octanol–water partition coefficient (Wildman–Crippen LogP) is 1.97. The van der Waals surface area contributed by atoms with Gasteiger partial charge in [0.25, 0.3) is 0 Å². The van der Waals surface area contributed by atoms with Crippen LogP contribution in [0.1, 0.15) is 18.6 Å². The van der Waals surface area contributed by atoms with Crippen molar-refractivity contribution in [3.8, 4) is 0 Å². The van der Waals surface area contributed by atoms with Gasteiger partial charge in [0.2, 0.25) is 0 Å². The number of hydrogen-bond acceptors (Lipinski definition) is 5. The van der Waals surface area contributed by atoms with E-state index in [1.807, 2.05) is 11.8 Å². The molecule has 0 amide bonds. The summed E-state index contributed by atoms with van der Waals surface area (Å²) < 4.78 is 13.7. The van der Waals surface area contributed by atoms with Crippen LogP contribution in [0.4, 0.5) is 4.39 Å². The van der Waals surface area contributed by atoms with E-state index in [2.05, 4.69) is 21.7 Å². The van der Waals surface area contributed by atoms with E-state index in [4.69, 9.17) is 0 Å². The highest BCUT2D eigenvalue weighted by molar-refractivity contribution is 8.14. The molecule has 0 spiro atoms. The minimum absolute atomic E-state index is 0.334. The number of halogens is 1. The molecule has 120 valence electrons. The van der Waals surface area contributed by atoms with Crippen molar-refractivity contribution >= 4 is 16.9 Å². The fraction of sp³-hybridized carbons (Fsp3) is 0.562. The maximum Gasteiger partial charge on any atom is 0.159 e. The first kappa shape index (κ1) is 15.8. The molecule has 1 fully saturated rings. The summed E-state index contributed by atoms with van der Waals surface area (Å²) in [6.45, 7) is 7.17. The van der Waals surface area contributed by atoms with Gasteiger partial charge in [-0.05, 0) is 6.07 Å². The molecule has 0 aliphatic carbocycles. The summed E-state index contributed by atoms with van der Waals surface area (Å²) in [5, 5.41) is 12.0. The lowest BCUT2D eigenvalue weighted by atomic mass is 10.1. The van der Waals surface area contributed by atoms with Crippen LogP contribution in [0.3, 0.4) is 0 Å². The molecular weight excluding hydrogens is 301 g/mol. The Hall–Kier alpha value is -1.11. The standard InChI is InChI=1S/C16H22FN3OS/c1-12-10-18-16(22-12)20-8-6-19(7-9-20)11-15(21)13-4-2-3-5-14(13)17/h2-5,12,15,21H,6-11H2,1H3. The molecule has 0 radical (unpaired) electrons. The molecule has 1 N–H and O–H groups in total. The van der Waals surface area contributed by atoms with Crippen LogP contribution in [0.5, 0.6) is 0 Å². The van der Waals surface area contributed by atoms with E-state index in [1.54, 1.807) is 18.2 Å². The summed E-state index contributed by atoms with van der Waals surface area (Å²) in [5.41, 5.74) is 0.384. The van der Waals surface area contributed by atoms with E-state index in [0.29, 0.717) is 17.4 Å². The molecule has 1 saturated heterocycles. The highest BCUT2D eigenvalue weighted by atomic mass is 32.2. The number of thioether (sulfide) groups is 1. The molecule has 2 heterocycles. The summed E-state index contributed by atoms with van der Waals surface area (Å²) in [5.74, 6) is -0.334. The van der Waals surface area contributed by atoms with E-state index in [0.717, 1.165) is 37.9 Å². The van der Waals surface area contributed by atoms with Gasteiger partial charge in [-0.3, -0.25) is 9.89 Å². The third kappa shape index (κ3) is 3.62. The number of hydrogen-bond donors (Lipinski definition) is 1. The van der Waals surface area contributed by atoms with Crippen molar-refractivity contribution in [3.05, 3.63) is 35.6 Å². The van der Waals surface area contributed by atoms with Crippen molar-refractivity contribution in [3.63, 3.8) is 0 Å². The molecule has 0 aromatic heterocycles. The van der Waals surface area contributed by atoms with Crippen molar-refractivity contribution in [1.29, 1.82) is 0 Å². The number of aliphatic hydroxyl groups excluding tert-OH is 1. The molecule has 6 heteroatoms. The van der Waals surface area contributed by atoms with Gasteiger partial charge in [0.15, 0.2) is 5.17 Å². The van der Waals surface area contributed by atoms with Crippen molar-refractivity contribution in [2.45, 2.75) is 18.3 Å². The van der Waals surface area contributed by atoms with Crippen molar-refractivity contribution < 1.29 is 9.50 Å². The second kappa shape index (κ2) is 6.98. The molecule has 0 bridgehead atoms. The lowest BCUT2D eigenvalue weighted by molar-refractivity contribution is 0.0882. The number of benzene rings is 1. The molecule has 2 aliphatic rings. The number of β-amino-alcohol motifs (C(OH)–C–C–N with tert-alkyl or cyclic N) is 1. The number of amidine groups is 1. The molecule has 2 atom stereocenters. The highest BCUT2D eigenvalue weighted by Gasteiger charge is 2.26. The van der Waals surface area contributed by atoms with Crippen LogP contribution in [0.2, 0.25) is 0 Å². The SMILES string of the molecule is CC1CN=C(N2CCN(CC(O)c3ccccc3F)CC2)S1. The van der Waals surface area contributed by atoms with Gasteiger partial charge in [-0.1, -0.05) is 36.9 Å². The summed E-state index contributed by atoms with van der Waals surface area (Å²) in [6.07, 6.45) is -0.772. The molecule has 3 rings (SSSR count). The second-order valence-corrected chi connectivity index (χ2v) is 7.28. The number of piperazine rings is 1. The largest absolute Gasteiger partial charge is 0.387 e. The minimum Gasteiger partial charge on any atom is -0.387 e. The molecule has 1 aromatic carbocycles. The third-order valence-electron chi connectivity index (χ3n) is 4.13. The molecular formula is C16H22FN3OS.